The van der Waals surface area contributed by atoms with Crippen LogP contribution in [0.3, 0.4) is 0 Å². The smallest absolute Gasteiger partial charge is 0.346 e. The Labute approximate surface area is 202 Å². The normalized spacial score (nSPS) is 13.5. The van der Waals surface area contributed by atoms with Crippen LogP contribution in [0.15, 0.2) is 89.8 Å². The lowest BCUT2D eigenvalue weighted by molar-refractivity contribution is -0.132. The maximum Gasteiger partial charge on any atom is 0.346 e. The highest BCUT2D eigenvalue weighted by Crippen LogP contribution is 2.37. The number of likely N-dealkylation sites (N-methyl/N-ethyl adjacent to an activating group) is 1. The second kappa shape index (κ2) is 10.1. The number of carboxylic acid groups (broad SMARTS) is 1. The molecule has 0 spiro atoms. The maximum atomic E-state index is 11.1. The molecule has 34 heavy (non-hydrogen) atoms. The van der Waals surface area contributed by atoms with E-state index in [0.717, 1.165) is 45.2 Å². The third kappa shape index (κ3) is 5.03. The SMILES string of the molecule is CNC1=CCCC(N(c2ccc(-c3ccc(C=C(C#N)C(=O)O)s3)cc2)c2cccc(N)c2)=C1. The molecule has 1 aromatic heterocycles. The van der Waals surface area contributed by atoms with E-state index >= 15 is 0 Å². The van der Waals surface area contributed by atoms with Gasteiger partial charge in [0.25, 0.3) is 0 Å². The second-order valence-corrected chi connectivity index (χ2v) is 8.85. The Kier molecular flexibility index (Phi) is 6.81. The molecule has 170 valence electrons. The van der Waals surface area contributed by atoms with E-state index in [9.17, 15) is 4.79 Å². The van der Waals surface area contributed by atoms with Crippen LogP contribution in [0.2, 0.25) is 0 Å². The number of allylic oxidation sites excluding steroid dienone is 3. The molecule has 7 heteroatoms. The van der Waals surface area contributed by atoms with E-state index in [1.807, 2.05) is 37.4 Å². The van der Waals surface area contributed by atoms with Crippen molar-refractivity contribution in [1.82, 2.24) is 5.32 Å². The summed E-state index contributed by atoms with van der Waals surface area (Å²) in [4.78, 5) is 15.0. The zero-order chi connectivity index (χ0) is 24.1. The standard InChI is InChI=1S/C27H24N4O2S/c1-30-21-5-3-7-24(16-21)31(23-6-2-4-20(29)15-23)22-10-8-18(9-11-22)26-13-12-25(34-26)14-19(17-28)27(32)33/h2,4-6,8-16,30H,3,7,29H2,1H3,(H,32,33). The lowest BCUT2D eigenvalue weighted by Crippen LogP contribution is -2.20. The van der Waals surface area contributed by atoms with Gasteiger partial charge in [0.2, 0.25) is 0 Å². The van der Waals surface area contributed by atoms with Gasteiger partial charge in [0.15, 0.2) is 0 Å². The van der Waals surface area contributed by atoms with Crippen LogP contribution in [0.4, 0.5) is 17.1 Å². The second-order valence-electron chi connectivity index (χ2n) is 7.74. The Balaban J connectivity index is 1.68. The number of carboxylic acids is 1. The quantitative estimate of drug-likeness (QED) is 0.226. The van der Waals surface area contributed by atoms with Crippen molar-refractivity contribution in [2.45, 2.75) is 12.8 Å². The molecular formula is C27H24N4O2S. The van der Waals surface area contributed by atoms with E-state index in [-0.39, 0.29) is 5.57 Å². The van der Waals surface area contributed by atoms with Crippen molar-refractivity contribution < 1.29 is 9.90 Å². The van der Waals surface area contributed by atoms with E-state index in [0.29, 0.717) is 5.69 Å². The van der Waals surface area contributed by atoms with Crippen molar-refractivity contribution in [2.75, 3.05) is 17.7 Å². The summed E-state index contributed by atoms with van der Waals surface area (Å²) in [5.41, 5.74) is 11.8. The highest BCUT2D eigenvalue weighted by Gasteiger charge is 2.18. The zero-order valence-corrected chi connectivity index (χ0v) is 19.5. The monoisotopic (exact) mass is 468 g/mol. The minimum Gasteiger partial charge on any atom is -0.477 e. The van der Waals surface area contributed by atoms with Crippen LogP contribution >= 0.6 is 11.3 Å². The van der Waals surface area contributed by atoms with E-state index in [1.54, 1.807) is 6.07 Å². The molecule has 0 amide bonds. The lowest BCUT2D eigenvalue weighted by atomic mass is 10.0. The van der Waals surface area contributed by atoms with Crippen molar-refractivity contribution in [1.29, 1.82) is 5.26 Å². The van der Waals surface area contributed by atoms with Crippen molar-refractivity contribution in [3.63, 3.8) is 0 Å². The van der Waals surface area contributed by atoms with Crippen LogP contribution in [-0.2, 0) is 4.79 Å². The van der Waals surface area contributed by atoms with Crippen LogP contribution in [0.1, 0.15) is 17.7 Å². The maximum absolute atomic E-state index is 11.1. The molecule has 2 aromatic carbocycles. The summed E-state index contributed by atoms with van der Waals surface area (Å²) in [7, 11) is 1.92. The Morgan fingerprint density at radius 3 is 2.65 bits per heavy atom. The molecule has 4 rings (SSSR count). The zero-order valence-electron chi connectivity index (χ0n) is 18.7. The molecular weight excluding hydrogens is 444 g/mol. The summed E-state index contributed by atoms with van der Waals surface area (Å²) in [6, 6.07) is 21.6. The minimum absolute atomic E-state index is 0.280. The number of hydrogen-bond acceptors (Lipinski definition) is 6. The van der Waals surface area contributed by atoms with Gasteiger partial charge in [-0.25, -0.2) is 4.79 Å². The summed E-state index contributed by atoms with van der Waals surface area (Å²) in [6.45, 7) is 0. The molecule has 0 saturated carbocycles. The number of thiophene rings is 1. The lowest BCUT2D eigenvalue weighted by Gasteiger charge is -2.30. The molecule has 1 aliphatic carbocycles. The van der Waals surface area contributed by atoms with Gasteiger partial charge in [0.05, 0.1) is 0 Å². The molecule has 6 nitrogen and oxygen atoms in total. The van der Waals surface area contributed by atoms with Crippen molar-refractivity contribution in [3.8, 4) is 16.5 Å². The van der Waals surface area contributed by atoms with E-state index in [2.05, 4.69) is 52.7 Å². The van der Waals surface area contributed by atoms with E-state index in [4.69, 9.17) is 16.1 Å². The van der Waals surface area contributed by atoms with Crippen LogP contribution in [0.25, 0.3) is 16.5 Å². The van der Waals surface area contributed by atoms with Crippen LogP contribution in [0, 0.1) is 11.3 Å². The van der Waals surface area contributed by atoms with Gasteiger partial charge >= 0.3 is 5.97 Å². The Bertz CT molecular complexity index is 1340. The molecule has 4 N–H and O–H groups in total. The van der Waals surface area contributed by atoms with Gasteiger partial charge in [-0.15, -0.1) is 11.3 Å². The van der Waals surface area contributed by atoms with Crippen molar-refractivity contribution in [2.24, 2.45) is 0 Å². The molecule has 3 aromatic rings. The number of nitrogens with two attached hydrogens (primary N) is 1. The van der Waals surface area contributed by atoms with Gasteiger partial charge in [-0.1, -0.05) is 24.3 Å². The summed E-state index contributed by atoms with van der Waals surface area (Å²) in [5.74, 6) is -1.23. The van der Waals surface area contributed by atoms with E-state index in [1.165, 1.54) is 23.1 Å². The fourth-order valence-electron chi connectivity index (χ4n) is 3.83. The first-order valence-corrected chi connectivity index (χ1v) is 11.6. The fraction of sp³-hybridized carbons (Fsp3) is 0.111. The topological polar surface area (TPSA) is 102 Å². The molecule has 0 radical (unpaired) electrons. The number of aliphatic carboxylic acids is 1. The van der Waals surface area contributed by atoms with Gasteiger partial charge in [-0.05, 0) is 73.0 Å². The van der Waals surface area contributed by atoms with Gasteiger partial charge < -0.3 is 21.1 Å². The summed E-state index contributed by atoms with van der Waals surface area (Å²) < 4.78 is 0. The number of nitriles is 1. The Morgan fingerprint density at radius 2 is 1.97 bits per heavy atom. The summed E-state index contributed by atoms with van der Waals surface area (Å²) >= 11 is 1.44. The molecule has 0 aliphatic heterocycles. The highest BCUT2D eigenvalue weighted by atomic mass is 32.1. The molecule has 1 heterocycles. The van der Waals surface area contributed by atoms with Crippen LogP contribution < -0.4 is 16.0 Å². The molecule has 0 bridgehead atoms. The molecule has 1 aliphatic rings. The van der Waals surface area contributed by atoms with Gasteiger partial charge in [-0.2, -0.15) is 5.26 Å². The third-order valence-electron chi connectivity index (χ3n) is 5.47. The number of benzene rings is 2. The predicted molar refractivity (Wildman–Crippen MR) is 138 cm³/mol. The summed E-state index contributed by atoms with van der Waals surface area (Å²) in [5, 5.41) is 21.3. The average Bonchev–Trinajstić information content (AvgIpc) is 3.32. The number of hydrogen-bond donors (Lipinski definition) is 3. The molecule has 0 atom stereocenters. The first-order chi connectivity index (χ1) is 16.5. The first-order valence-electron chi connectivity index (χ1n) is 10.8. The van der Waals surface area contributed by atoms with Gasteiger partial charge in [0, 0.05) is 45.3 Å². The van der Waals surface area contributed by atoms with Crippen molar-refractivity contribution >= 4 is 40.4 Å². The predicted octanol–water partition coefficient (Wildman–Crippen LogP) is 5.91. The third-order valence-corrected chi connectivity index (χ3v) is 6.55. The van der Waals surface area contributed by atoms with Gasteiger partial charge in [0.1, 0.15) is 11.6 Å². The first kappa shape index (κ1) is 22.9. The summed E-state index contributed by atoms with van der Waals surface area (Å²) in [6.07, 6.45) is 7.61. The molecule has 0 fully saturated rings. The Morgan fingerprint density at radius 1 is 1.18 bits per heavy atom. The molecule has 0 saturated heterocycles. The number of rotatable bonds is 7. The molecule has 0 unspecified atom stereocenters. The number of nitrogens with zero attached hydrogens (tertiary/aromatic N) is 2. The fourth-order valence-corrected chi connectivity index (χ4v) is 4.78. The highest BCUT2D eigenvalue weighted by molar-refractivity contribution is 7.16. The van der Waals surface area contributed by atoms with Crippen LogP contribution in [0.5, 0.6) is 0 Å². The van der Waals surface area contributed by atoms with Crippen molar-refractivity contribution in [3.05, 3.63) is 94.7 Å². The largest absolute Gasteiger partial charge is 0.477 e. The Hall–Kier alpha value is -4.28. The van der Waals surface area contributed by atoms with Gasteiger partial charge in [-0.3, -0.25) is 0 Å². The minimum atomic E-state index is -1.23. The van der Waals surface area contributed by atoms with Crippen LogP contribution in [-0.4, -0.2) is 18.1 Å². The van der Waals surface area contributed by atoms with E-state index < -0.39 is 5.97 Å². The average molecular weight is 469 g/mol. The number of nitrogens with one attached hydrogen (secondary N) is 1. The number of anilines is 3. The number of carbonyl (C=O) groups is 1. The number of nitrogen functional groups attached to an aromatic ring is 1.